The number of benzene rings is 1. The van der Waals surface area contributed by atoms with Crippen molar-refractivity contribution in [2.75, 3.05) is 0 Å². The predicted molar refractivity (Wildman–Crippen MR) is 73.7 cm³/mol. The minimum atomic E-state index is -0.688. The molecule has 1 N–H and O–H groups in total. The highest BCUT2D eigenvalue weighted by atomic mass is 79.9. The average molecular weight is 323 g/mol. The molecule has 5 nitrogen and oxygen atoms in total. The number of hydrogen-bond donors (Lipinski definition) is 1. The van der Waals surface area contributed by atoms with Gasteiger partial charge in [0.2, 0.25) is 0 Å². The zero-order valence-electron chi connectivity index (χ0n) is 9.86. The number of nitro groups is 1. The second-order valence-corrected chi connectivity index (χ2v) is 4.86. The number of aromatic nitrogens is 1. The molecule has 1 unspecified atom stereocenters. The molecule has 0 bridgehead atoms. The molecule has 2 aromatic rings. The molecule has 0 radical (unpaired) electrons. The van der Waals surface area contributed by atoms with Crippen LogP contribution < -0.4 is 0 Å². The van der Waals surface area contributed by atoms with Gasteiger partial charge >= 0.3 is 0 Å². The molecule has 1 aromatic carbocycles. The summed E-state index contributed by atoms with van der Waals surface area (Å²) in [6.45, 7) is 0. The molecule has 0 amide bonds. The quantitative estimate of drug-likeness (QED) is 0.693. The molecular formula is C13H11BrN2O3. The van der Waals surface area contributed by atoms with Crippen LogP contribution in [0.3, 0.4) is 0 Å². The first-order valence-corrected chi connectivity index (χ1v) is 6.39. The maximum Gasteiger partial charge on any atom is 0.288 e. The Bertz CT molecular complexity index is 590. The molecule has 0 saturated heterocycles. The zero-order chi connectivity index (χ0) is 13.8. The Hall–Kier alpha value is -1.79. The molecule has 2 rings (SSSR count). The van der Waals surface area contributed by atoms with Crippen molar-refractivity contribution in [2.24, 2.45) is 0 Å². The van der Waals surface area contributed by atoms with E-state index in [1.807, 2.05) is 30.3 Å². The summed E-state index contributed by atoms with van der Waals surface area (Å²) in [5.74, 6) is 0. The molecule has 1 atom stereocenters. The first-order valence-electron chi connectivity index (χ1n) is 5.59. The van der Waals surface area contributed by atoms with Crippen molar-refractivity contribution >= 4 is 21.6 Å². The van der Waals surface area contributed by atoms with E-state index >= 15 is 0 Å². The minimum absolute atomic E-state index is 0.0789. The van der Waals surface area contributed by atoms with Crippen molar-refractivity contribution in [2.45, 2.75) is 12.5 Å². The van der Waals surface area contributed by atoms with Gasteiger partial charge < -0.3 is 5.11 Å². The molecule has 0 fully saturated rings. The van der Waals surface area contributed by atoms with Crippen molar-refractivity contribution in [1.29, 1.82) is 0 Å². The van der Waals surface area contributed by atoms with E-state index in [0.717, 1.165) is 5.56 Å². The van der Waals surface area contributed by atoms with Crippen LogP contribution in [-0.4, -0.2) is 15.0 Å². The van der Waals surface area contributed by atoms with Crippen LogP contribution >= 0.6 is 15.9 Å². The van der Waals surface area contributed by atoms with Crippen LogP contribution in [0.5, 0.6) is 0 Å². The van der Waals surface area contributed by atoms with E-state index in [9.17, 15) is 15.2 Å². The van der Waals surface area contributed by atoms with Crippen molar-refractivity contribution in [3.63, 3.8) is 0 Å². The fourth-order valence-corrected chi connectivity index (χ4v) is 2.18. The van der Waals surface area contributed by atoms with Crippen LogP contribution in [0.2, 0.25) is 0 Å². The highest BCUT2D eigenvalue weighted by Crippen LogP contribution is 2.25. The first-order chi connectivity index (χ1) is 9.08. The number of aliphatic hydroxyl groups is 1. The van der Waals surface area contributed by atoms with E-state index in [1.54, 1.807) is 0 Å². The first kappa shape index (κ1) is 13.6. The Morgan fingerprint density at radius 1 is 1.37 bits per heavy atom. The van der Waals surface area contributed by atoms with Crippen molar-refractivity contribution in [1.82, 2.24) is 4.98 Å². The summed E-state index contributed by atoms with van der Waals surface area (Å²) in [5, 5.41) is 20.7. The lowest BCUT2D eigenvalue weighted by Crippen LogP contribution is -2.04. The lowest BCUT2D eigenvalue weighted by atomic mass is 10.0. The zero-order valence-corrected chi connectivity index (χ0v) is 11.4. The monoisotopic (exact) mass is 322 g/mol. The normalized spacial score (nSPS) is 12.1. The maximum atomic E-state index is 10.6. The number of halogens is 1. The standard InChI is InChI=1S/C13H11BrN2O3/c14-11-6-10(16(18)19)8-15-12(11)7-13(17)9-4-2-1-3-5-9/h1-6,8,13,17H,7H2. The number of aliphatic hydroxyl groups excluding tert-OH is 1. The van der Waals surface area contributed by atoms with Gasteiger partial charge in [-0.2, -0.15) is 0 Å². The summed E-state index contributed by atoms with van der Waals surface area (Å²) in [5.41, 5.74) is 1.29. The lowest BCUT2D eigenvalue weighted by molar-refractivity contribution is -0.385. The van der Waals surface area contributed by atoms with Gasteiger partial charge in [0.05, 0.1) is 16.7 Å². The Kier molecular flexibility index (Phi) is 4.24. The van der Waals surface area contributed by atoms with E-state index < -0.39 is 11.0 Å². The molecule has 0 saturated carbocycles. The Balaban J connectivity index is 2.18. The molecule has 0 aliphatic carbocycles. The molecule has 6 heteroatoms. The predicted octanol–water partition coefficient (Wildman–Crippen LogP) is 3.03. The van der Waals surface area contributed by atoms with E-state index in [2.05, 4.69) is 20.9 Å². The van der Waals surface area contributed by atoms with Gasteiger partial charge in [-0.3, -0.25) is 15.1 Å². The van der Waals surface area contributed by atoms with E-state index in [-0.39, 0.29) is 5.69 Å². The lowest BCUT2D eigenvalue weighted by Gasteiger charge is -2.11. The summed E-state index contributed by atoms with van der Waals surface area (Å²) in [7, 11) is 0. The summed E-state index contributed by atoms with van der Waals surface area (Å²) in [6, 6.07) is 10.6. The SMILES string of the molecule is O=[N+]([O-])c1cnc(CC(O)c2ccccc2)c(Br)c1. The van der Waals surface area contributed by atoms with Crippen molar-refractivity contribution < 1.29 is 10.0 Å². The van der Waals surface area contributed by atoms with Crippen LogP contribution in [0.1, 0.15) is 17.4 Å². The molecule has 98 valence electrons. The Labute approximate surface area is 118 Å². The molecule has 0 spiro atoms. The Morgan fingerprint density at radius 2 is 2.05 bits per heavy atom. The molecular weight excluding hydrogens is 312 g/mol. The van der Waals surface area contributed by atoms with Gasteiger partial charge in [0, 0.05) is 17.0 Å². The number of pyridine rings is 1. The topological polar surface area (TPSA) is 76.3 Å². The van der Waals surface area contributed by atoms with Crippen LogP contribution in [0.25, 0.3) is 0 Å². The number of hydrogen-bond acceptors (Lipinski definition) is 4. The van der Waals surface area contributed by atoms with Crippen molar-refractivity contribution in [3.05, 3.63) is 68.4 Å². The van der Waals surface area contributed by atoms with Gasteiger partial charge in [-0.25, -0.2) is 0 Å². The Morgan fingerprint density at radius 3 is 2.63 bits per heavy atom. The highest BCUT2D eigenvalue weighted by molar-refractivity contribution is 9.10. The van der Waals surface area contributed by atoms with Crippen LogP contribution in [-0.2, 0) is 6.42 Å². The van der Waals surface area contributed by atoms with Gasteiger partial charge in [0.25, 0.3) is 5.69 Å². The van der Waals surface area contributed by atoms with Crippen LogP contribution in [0.15, 0.2) is 47.1 Å². The van der Waals surface area contributed by atoms with Crippen LogP contribution in [0.4, 0.5) is 5.69 Å². The van der Waals surface area contributed by atoms with Gasteiger partial charge in [-0.15, -0.1) is 0 Å². The fraction of sp³-hybridized carbons (Fsp3) is 0.154. The van der Waals surface area contributed by atoms with Crippen LogP contribution in [0, 0.1) is 10.1 Å². The summed E-state index contributed by atoms with van der Waals surface area (Å²) in [6.07, 6.45) is 0.798. The second kappa shape index (κ2) is 5.90. The third-order valence-corrected chi connectivity index (χ3v) is 3.37. The third kappa shape index (κ3) is 3.36. The largest absolute Gasteiger partial charge is 0.388 e. The number of rotatable bonds is 4. The molecule has 1 heterocycles. The van der Waals surface area contributed by atoms with Gasteiger partial charge in [-0.05, 0) is 21.5 Å². The molecule has 0 aliphatic heterocycles. The average Bonchev–Trinajstić information content (AvgIpc) is 2.41. The van der Waals surface area contributed by atoms with E-state index in [0.29, 0.717) is 16.6 Å². The van der Waals surface area contributed by atoms with Gasteiger partial charge in [0.1, 0.15) is 6.20 Å². The van der Waals surface area contributed by atoms with Crippen molar-refractivity contribution in [3.8, 4) is 0 Å². The summed E-state index contributed by atoms with van der Waals surface area (Å²) >= 11 is 3.24. The highest BCUT2D eigenvalue weighted by Gasteiger charge is 2.14. The number of nitrogens with zero attached hydrogens (tertiary/aromatic N) is 2. The third-order valence-electron chi connectivity index (χ3n) is 2.68. The molecule has 0 aliphatic rings. The minimum Gasteiger partial charge on any atom is -0.388 e. The maximum absolute atomic E-state index is 10.6. The molecule has 19 heavy (non-hydrogen) atoms. The van der Waals surface area contributed by atoms with Gasteiger partial charge in [-0.1, -0.05) is 30.3 Å². The second-order valence-electron chi connectivity index (χ2n) is 4.01. The van der Waals surface area contributed by atoms with Gasteiger partial charge in [0.15, 0.2) is 0 Å². The van der Waals surface area contributed by atoms with E-state index in [1.165, 1.54) is 12.3 Å². The van der Waals surface area contributed by atoms with E-state index in [4.69, 9.17) is 0 Å². The molecule has 1 aromatic heterocycles. The smallest absolute Gasteiger partial charge is 0.288 e. The summed E-state index contributed by atoms with van der Waals surface area (Å²) in [4.78, 5) is 14.1. The fourth-order valence-electron chi connectivity index (χ4n) is 1.68. The summed E-state index contributed by atoms with van der Waals surface area (Å²) < 4.78 is 0.525.